The van der Waals surface area contributed by atoms with E-state index in [1.165, 1.54) is 23.0 Å². The maximum atomic E-state index is 12.6. The predicted molar refractivity (Wildman–Crippen MR) is 98.7 cm³/mol. The number of benzene rings is 1. The van der Waals surface area contributed by atoms with Gasteiger partial charge in [-0.05, 0) is 30.7 Å². The van der Waals surface area contributed by atoms with Crippen molar-refractivity contribution in [3.8, 4) is 0 Å². The van der Waals surface area contributed by atoms with Crippen LogP contribution in [0.1, 0.15) is 25.6 Å². The molecule has 2 N–H and O–H groups in total. The minimum absolute atomic E-state index is 0.0319. The molecule has 2 aromatic heterocycles. The highest BCUT2D eigenvalue weighted by atomic mass is 79.9. The topological polar surface area (TPSA) is 101 Å². The molecule has 0 fully saturated rings. The van der Waals surface area contributed by atoms with Gasteiger partial charge in [0.05, 0.1) is 27.8 Å². The molecule has 3 aromatic rings. The number of hydrogen-bond acceptors (Lipinski definition) is 5. The summed E-state index contributed by atoms with van der Waals surface area (Å²) in [7, 11) is 1.59. The van der Waals surface area contributed by atoms with E-state index in [1.807, 2.05) is 0 Å². The molecule has 0 bridgehead atoms. The quantitative estimate of drug-likeness (QED) is 0.676. The van der Waals surface area contributed by atoms with Crippen LogP contribution in [-0.4, -0.2) is 26.5 Å². The number of rotatable bonds is 3. The van der Waals surface area contributed by atoms with Gasteiger partial charge in [0.25, 0.3) is 11.5 Å². The van der Waals surface area contributed by atoms with E-state index in [0.29, 0.717) is 25.1 Å². The van der Waals surface area contributed by atoms with Crippen molar-refractivity contribution in [2.45, 2.75) is 6.92 Å². The van der Waals surface area contributed by atoms with Crippen LogP contribution >= 0.6 is 27.3 Å². The Morgan fingerprint density at radius 1 is 1.36 bits per heavy atom. The Morgan fingerprint density at radius 2 is 2.08 bits per heavy atom. The van der Waals surface area contributed by atoms with Crippen LogP contribution in [0.25, 0.3) is 10.2 Å². The van der Waals surface area contributed by atoms with Gasteiger partial charge in [0.2, 0.25) is 0 Å². The van der Waals surface area contributed by atoms with Gasteiger partial charge in [-0.3, -0.25) is 9.59 Å². The molecule has 0 saturated carbocycles. The van der Waals surface area contributed by atoms with Crippen LogP contribution in [-0.2, 0) is 7.05 Å². The largest absolute Gasteiger partial charge is 0.478 e. The number of hydrogen-bond donors (Lipinski definition) is 2. The van der Waals surface area contributed by atoms with E-state index >= 15 is 0 Å². The fourth-order valence-electron chi connectivity index (χ4n) is 2.41. The van der Waals surface area contributed by atoms with Crippen LogP contribution in [0, 0.1) is 6.92 Å². The Hall–Kier alpha value is -2.52. The molecule has 25 heavy (non-hydrogen) atoms. The van der Waals surface area contributed by atoms with E-state index < -0.39 is 11.9 Å². The van der Waals surface area contributed by atoms with E-state index in [2.05, 4.69) is 26.2 Å². The maximum Gasteiger partial charge on any atom is 0.337 e. The Labute approximate surface area is 154 Å². The predicted octanol–water partition coefficient (Wildman–Crippen LogP) is 3.02. The Kier molecular flexibility index (Phi) is 4.44. The summed E-state index contributed by atoms with van der Waals surface area (Å²) in [6.07, 6.45) is 1.40. The van der Waals surface area contributed by atoms with Gasteiger partial charge in [0.1, 0.15) is 4.83 Å². The number of nitrogens with one attached hydrogen (secondary N) is 1. The lowest BCUT2D eigenvalue weighted by molar-refractivity contribution is 0.0698. The molecule has 0 aliphatic rings. The number of anilines is 1. The molecular weight excluding hydrogens is 410 g/mol. The summed E-state index contributed by atoms with van der Waals surface area (Å²) in [5.74, 6) is -1.63. The second-order valence-corrected chi connectivity index (χ2v) is 7.26. The number of aromatic nitrogens is 2. The highest BCUT2D eigenvalue weighted by Gasteiger charge is 2.21. The third kappa shape index (κ3) is 3.08. The van der Waals surface area contributed by atoms with E-state index in [-0.39, 0.29) is 16.8 Å². The highest BCUT2D eigenvalue weighted by molar-refractivity contribution is 9.10. The number of fused-ring (bicyclic) bond motifs is 1. The van der Waals surface area contributed by atoms with Crippen LogP contribution in [0.15, 0.2) is 33.8 Å². The Bertz CT molecular complexity index is 1090. The lowest BCUT2D eigenvalue weighted by atomic mass is 10.1. The van der Waals surface area contributed by atoms with Crippen LogP contribution in [0.4, 0.5) is 5.69 Å². The number of carbonyl (C=O) groups is 2. The smallest absolute Gasteiger partial charge is 0.337 e. The zero-order chi connectivity index (χ0) is 18.3. The number of thiophene rings is 1. The summed E-state index contributed by atoms with van der Waals surface area (Å²) in [6.45, 7) is 1.68. The molecular formula is C16H12BrN3O4S. The Morgan fingerprint density at radius 3 is 2.76 bits per heavy atom. The zero-order valence-electron chi connectivity index (χ0n) is 13.2. The van der Waals surface area contributed by atoms with Crippen LogP contribution in [0.3, 0.4) is 0 Å². The molecule has 7 nitrogen and oxygen atoms in total. The van der Waals surface area contributed by atoms with Gasteiger partial charge in [-0.1, -0.05) is 15.9 Å². The molecule has 2 heterocycles. The number of aromatic carboxylic acids is 1. The van der Waals surface area contributed by atoms with Gasteiger partial charge in [0, 0.05) is 11.5 Å². The third-order valence-corrected chi connectivity index (χ3v) is 5.37. The number of carboxylic acids is 1. The average molecular weight is 422 g/mol. The lowest BCUT2D eigenvalue weighted by Crippen LogP contribution is -2.17. The first kappa shape index (κ1) is 17.3. The zero-order valence-corrected chi connectivity index (χ0v) is 15.6. The summed E-state index contributed by atoms with van der Waals surface area (Å²) in [4.78, 5) is 41.2. The van der Waals surface area contributed by atoms with E-state index in [9.17, 15) is 19.5 Å². The van der Waals surface area contributed by atoms with Crippen molar-refractivity contribution in [1.82, 2.24) is 9.55 Å². The molecule has 3 rings (SSSR count). The van der Waals surface area contributed by atoms with Crippen molar-refractivity contribution in [3.63, 3.8) is 0 Å². The van der Waals surface area contributed by atoms with E-state index in [0.717, 1.165) is 11.3 Å². The molecule has 1 amide bonds. The van der Waals surface area contributed by atoms with Crippen molar-refractivity contribution in [2.75, 3.05) is 5.32 Å². The first-order chi connectivity index (χ1) is 11.8. The fraction of sp³-hybridized carbons (Fsp3) is 0.125. The summed E-state index contributed by atoms with van der Waals surface area (Å²) >= 11 is 4.30. The van der Waals surface area contributed by atoms with Gasteiger partial charge in [0.15, 0.2) is 0 Å². The molecule has 0 saturated heterocycles. The summed E-state index contributed by atoms with van der Waals surface area (Å²) in [5, 5.41) is 12.3. The lowest BCUT2D eigenvalue weighted by Gasteiger charge is -2.08. The molecule has 0 radical (unpaired) electrons. The standard InChI is InChI=1S/C16H12BrN3O4S/c1-7-11-14(18-6-20(2)15(11)22)25-12(7)13(21)19-10-4-3-8(17)5-9(10)16(23)24/h3-6H,1-2H3,(H,19,21)(H,23,24). The minimum atomic E-state index is -1.15. The normalized spacial score (nSPS) is 10.8. The number of aryl methyl sites for hydroxylation is 2. The van der Waals surface area contributed by atoms with Crippen molar-refractivity contribution in [2.24, 2.45) is 7.05 Å². The van der Waals surface area contributed by atoms with Crippen LogP contribution in [0.2, 0.25) is 0 Å². The van der Waals surface area contributed by atoms with Crippen molar-refractivity contribution in [1.29, 1.82) is 0 Å². The molecule has 0 spiro atoms. The van der Waals surface area contributed by atoms with Gasteiger partial charge in [-0.15, -0.1) is 11.3 Å². The van der Waals surface area contributed by atoms with Gasteiger partial charge in [-0.2, -0.15) is 0 Å². The summed E-state index contributed by atoms with van der Waals surface area (Å²) in [5.41, 5.74) is 0.446. The van der Waals surface area contributed by atoms with Crippen LogP contribution in [0.5, 0.6) is 0 Å². The SMILES string of the molecule is Cc1c(C(=O)Nc2ccc(Br)cc2C(=O)O)sc2ncn(C)c(=O)c12. The van der Waals surface area contributed by atoms with Crippen molar-refractivity contribution in [3.05, 3.63) is 55.4 Å². The van der Waals surface area contributed by atoms with Crippen molar-refractivity contribution >= 4 is 55.0 Å². The Balaban J connectivity index is 2.05. The summed E-state index contributed by atoms with van der Waals surface area (Å²) < 4.78 is 1.94. The first-order valence-electron chi connectivity index (χ1n) is 7.08. The molecule has 9 heteroatoms. The molecule has 0 aliphatic heterocycles. The summed E-state index contributed by atoms with van der Waals surface area (Å²) in [6, 6.07) is 4.55. The second kappa shape index (κ2) is 6.41. The fourth-order valence-corrected chi connectivity index (χ4v) is 3.80. The number of nitrogens with zero attached hydrogens (tertiary/aromatic N) is 2. The highest BCUT2D eigenvalue weighted by Crippen LogP contribution is 2.28. The van der Waals surface area contributed by atoms with Gasteiger partial charge in [-0.25, -0.2) is 9.78 Å². The van der Waals surface area contributed by atoms with Crippen LogP contribution < -0.4 is 10.9 Å². The van der Waals surface area contributed by atoms with Gasteiger partial charge < -0.3 is 15.0 Å². The number of amides is 1. The second-order valence-electron chi connectivity index (χ2n) is 5.35. The van der Waals surface area contributed by atoms with Crippen molar-refractivity contribution < 1.29 is 14.7 Å². The van der Waals surface area contributed by atoms with Gasteiger partial charge >= 0.3 is 5.97 Å². The number of carboxylic acid groups (broad SMARTS) is 1. The molecule has 128 valence electrons. The average Bonchev–Trinajstić information content (AvgIpc) is 2.90. The molecule has 0 unspecified atom stereocenters. The molecule has 0 atom stereocenters. The first-order valence-corrected chi connectivity index (χ1v) is 8.69. The van der Waals surface area contributed by atoms with E-state index in [1.54, 1.807) is 20.0 Å². The minimum Gasteiger partial charge on any atom is -0.478 e. The monoisotopic (exact) mass is 421 g/mol. The number of halogens is 1. The third-order valence-electron chi connectivity index (χ3n) is 3.68. The molecule has 1 aromatic carbocycles. The van der Waals surface area contributed by atoms with E-state index in [4.69, 9.17) is 0 Å². The number of carbonyl (C=O) groups excluding carboxylic acids is 1. The molecule has 0 aliphatic carbocycles. The maximum absolute atomic E-state index is 12.6.